The molecule has 1 rings (SSSR count). The largest absolute Gasteiger partial charge is 0.443 e. The van der Waals surface area contributed by atoms with Gasteiger partial charge in [-0.25, -0.2) is 14.1 Å². The van der Waals surface area contributed by atoms with Gasteiger partial charge in [-0.3, -0.25) is 4.79 Å². The lowest BCUT2D eigenvalue weighted by Gasteiger charge is -2.26. The van der Waals surface area contributed by atoms with Crippen LogP contribution in [-0.2, 0) is 14.3 Å². The standard InChI is InChI=1S/C11H18FNO4/c1-11(2,3)17-10(15)13-7(6-16-4)5-8(12)9(13)14/h7-8H,5-6H2,1-4H3/t7-,8+/m0/s1. The number of amides is 2. The molecule has 98 valence electrons. The first-order chi connectivity index (χ1) is 7.76. The van der Waals surface area contributed by atoms with E-state index in [4.69, 9.17) is 9.47 Å². The van der Waals surface area contributed by atoms with Crippen LogP contribution in [0.4, 0.5) is 9.18 Å². The number of ether oxygens (including phenoxy) is 2. The van der Waals surface area contributed by atoms with Gasteiger partial charge in [-0.15, -0.1) is 0 Å². The number of nitrogens with zero attached hydrogens (tertiary/aromatic N) is 1. The van der Waals surface area contributed by atoms with Crippen LogP contribution in [0.15, 0.2) is 0 Å². The third-order valence-electron chi connectivity index (χ3n) is 2.30. The van der Waals surface area contributed by atoms with E-state index < -0.39 is 29.8 Å². The van der Waals surface area contributed by atoms with E-state index in [1.165, 1.54) is 7.11 Å². The number of hydrogen-bond acceptors (Lipinski definition) is 4. The third kappa shape index (κ3) is 3.39. The molecule has 1 saturated heterocycles. The molecule has 0 bridgehead atoms. The smallest absolute Gasteiger partial charge is 0.417 e. The molecule has 0 unspecified atom stereocenters. The second kappa shape index (κ2) is 5.00. The van der Waals surface area contributed by atoms with Crippen LogP contribution in [0.3, 0.4) is 0 Å². The maximum absolute atomic E-state index is 13.3. The van der Waals surface area contributed by atoms with E-state index in [0.717, 1.165) is 4.90 Å². The molecule has 1 aliphatic heterocycles. The number of likely N-dealkylation sites (tertiary alicyclic amines) is 1. The Balaban J connectivity index is 2.77. The van der Waals surface area contributed by atoms with Crippen LogP contribution < -0.4 is 0 Å². The van der Waals surface area contributed by atoms with Gasteiger partial charge in [-0.2, -0.15) is 0 Å². The van der Waals surface area contributed by atoms with E-state index in [2.05, 4.69) is 0 Å². The predicted octanol–water partition coefficient (Wildman–Crippen LogP) is 1.51. The first-order valence-electron chi connectivity index (χ1n) is 5.45. The molecule has 0 saturated carbocycles. The lowest BCUT2D eigenvalue weighted by Crippen LogP contribution is -2.44. The SMILES string of the molecule is COC[C@@H]1C[C@@H](F)C(=O)N1C(=O)OC(C)(C)C. The van der Waals surface area contributed by atoms with Crippen LogP contribution in [0.5, 0.6) is 0 Å². The molecule has 1 heterocycles. The van der Waals surface area contributed by atoms with Crippen molar-refractivity contribution >= 4 is 12.0 Å². The average molecular weight is 247 g/mol. The van der Waals surface area contributed by atoms with Crippen molar-refractivity contribution < 1.29 is 23.5 Å². The molecule has 0 aromatic heterocycles. The highest BCUT2D eigenvalue weighted by molar-refractivity contribution is 5.96. The summed E-state index contributed by atoms with van der Waals surface area (Å²) >= 11 is 0. The Morgan fingerprint density at radius 1 is 1.53 bits per heavy atom. The fraction of sp³-hybridized carbons (Fsp3) is 0.818. The van der Waals surface area contributed by atoms with Gasteiger partial charge < -0.3 is 9.47 Å². The van der Waals surface area contributed by atoms with E-state index in [1.54, 1.807) is 20.8 Å². The molecule has 2 amide bonds. The summed E-state index contributed by atoms with van der Waals surface area (Å²) in [6, 6.07) is -0.586. The molecule has 0 aliphatic carbocycles. The summed E-state index contributed by atoms with van der Waals surface area (Å²) in [6.45, 7) is 5.17. The van der Waals surface area contributed by atoms with Crippen molar-refractivity contribution in [2.75, 3.05) is 13.7 Å². The Morgan fingerprint density at radius 2 is 2.12 bits per heavy atom. The first-order valence-corrected chi connectivity index (χ1v) is 5.45. The predicted molar refractivity (Wildman–Crippen MR) is 58.3 cm³/mol. The molecule has 6 heteroatoms. The van der Waals surface area contributed by atoms with Crippen molar-refractivity contribution in [3.8, 4) is 0 Å². The summed E-state index contributed by atoms with van der Waals surface area (Å²) in [7, 11) is 1.43. The normalized spacial score (nSPS) is 25.2. The van der Waals surface area contributed by atoms with Gasteiger partial charge in [0, 0.05) is 13.5 Å². The molecule has 0 N–H and O–H groups in total. The molecule has 0 spiro atoms. The number of halogens is 1. The fourth-order valence-corrected chi connectivity index (χ4v) is 1.66. The zero-order chi connectivity index (χ0) is 13.2. The molecule has 0 aromatic carbocycles. The van der Waals surface area contributed by atoms with E-state index in [0.29, 0.717) is 0 Å². The van der Waals surface area contributed by atoms with Crippen molar-refractivity contribution in [1.29, 1.82) is 0 Å². The zero-order valence-corrected chi connectivity index (χ0v) is 10.5. The van der Waals surface area contributed by atoms with Crippen LogP contribution in [0.25, 0.3) is 0 Å². The Labute approximate surface area is 99.9 Å². The molecule has 0 radical (unpaired) electrons. The summed E-state index contributed by atoms with van der Waals surface area (Å²) in [5, 5.41) is 0. The van der Waals surface area contributed by atoms with Crippen molar-refractivity contribution in [2.24, 2.45) is 0 Å². The molecular weight excluding hydrogens is 229 g/mol. The van der Waals surface area contributed by atoms with Crippen molar-refractivity contribution in [2.45, 2.75) is 45.0 Å². The van der Waals surface area contributed by atoms with Crippen LogP contribution in [0.1, 0.15) is 27.2 Å². The minimum absolute atomic E-state index is 0.0358. The van der Waals surface area contributed by atoms with E-state index in [-0.39, 0.29) is 13.0 Å². The summed E-state index contributed by atoms with van der Waals surface area (Å²) in [5.74, 6) is -0.846. The van der Waals surface area contributed by atoms with Gasteiger partial charge in [0.1, 0.15) is 5.60 Å². The Morgan fingerprint density at radius 3 is 2.59 bits per heavy atom. The molecular formula is C11H18FNO4. The number of carbonyl (C=O) groups is 2. The zero-order valence-electron chi connectivity index (χ0n) is 10.5. The quantitative estimate of drug-likeness (QED) is 0.742. The topological polar surface area (TPSA) is 55.8 Å². The number of rotatable bonds is 2. The molecule has 2 atom stereocenters. The second-order valence-electron chi connectivity index (χ2n) is 5.00. The third-order valence-corrected chi connectivity index (χ3v) is 2.30. The summed E-state index contributed by atoms with van der Waals surface area (Å²) in [6.07, 6.45) is -2.50. The van der Waals surface area contributed by atoms with Crippen molar-refractivity contribution in [3.63, 3.8) is 0 Å². The first kappa shape index (κ1) is 13.9. The van der Waals surface area contributed by atoms with Crippen molar-refractivity contribution in [1.82, 2.24) is 4.90 Å². The number of carbonyl (C=O) groups excluding carboxylic acids is 2. The number of imide groups is 1. The summed E-state index contributed by atoms with van der Waals surface area (Å²) < 4.78 is 23.2. The van der Waals surface area contributed by atoms with E-state index >= 15 is 0 Å². The molecule has 1 fully saturated rings. The van der Waals surface area contributed by atoms with Crippen molar-refractivity contribution in [3.05, 3.63) is 0 Å². The Hall–Kier alpha value is -1.17. The lowest BCUT2D eigenvalue weighted by atomic mass is 10.2. The Kier molecular flexibility index (Phi) is 4.08. The van der Waals surface area contributed by atoms with Crippen LogP contribution in [0.2, 0.25) is 0 Å². The van der Waals surface area contributed by atoms with Gasteiger partial charge in [0.15, 0.2) is 6.17 Å². The molecule has 5 nitrogen and oxygen atoms in total. The summed E-state index contributed by atoms with van der Waals surface area (Å²) in [4.78, 5) is 24.1. The monoisotopic (exact) mass is 247 g/mol. The minimum Gasteiger partial charge on any atom is -0.443 e. The highest BCUT2D eigenvalue weighted by Gasteiger charge is 2.45. The second-order valence-corrected chi connectivity index (χ2v) is 5.00. The maximum Gasteiger partial charge on any atom is 0.417 e. The lowest BCUT2D eigenvalue weighted by molar-refractivity contribution is -0.132. The van der Waals surface area contributed by atoms with Gasteiger partial charge >= 0.3 is 6.09 Å². The van der Waals surface area contributed by atoms with Gasteiger partial charge in [-0.1, -0.05) is 0 Å². The fourth-order valence-electron chi connectivity index (χ4n) is 1.66. The van der Waals surface area contributed by atoms with Gasteiger partial charge in [0.25, 0.3) is 5.91 Å². The van der Waals surface area contributed by atoms with Crippen LogP contribution in [0, 0.1) is 0 Å². The van der Waals surface area contributed by atoms with Gasteiger partial charge in [0.05, 0.1) is 12.6 Å². The van der Waals surface area contributed by atoms with Gasteiger partial charge in [-0.05, 0) is 20.8 Å². The minimum atomic E-state index is -1.65. The number of hydrogen-bond donors (Lipinski definition) is 0. The highest BCUT2D eigenvalue weighted by Crippen LogP contribution is 2.24. The van der Waals surface area contributed by atoms with Crippen LogP contribution in [-0.4, -0.2) is 48.4 Å². The molecule has 1 aliphatic rings. The van der Waals surface area contributed by atoms with Crippen LogP contribution >= 0.6 is 0 Å². The summed E-state index contributed by atoms with van der Waals surface area (Å²) in [5.41, 5.74) is -0.719. The Bertz CT molecular complexity index is 313. The average Bonchev–Trinajstić information content (AvgIpc) is 2.40. The van der Waals surface area contributed by atoms with Gasteiger partial charge in [0.2, 0.25) is 0 Å². The number of alkyl halides is 1. The van der Waals surface area contributed by atoms with E-state index in [9.17, 15) is 14.0 Å². The molecule has 0 aromatic rings. The van der Waals surface area contributed by atoms with E-state index in [1.807, 2.05) is 0 Å². The highest BCUT2D eigenvalue weighted by atomic mass is 19.1. The maximum atomic E-state index is 13.3. The molecule has 17 heavy (non-hydrogen) atoms. The number of methoxy groups -OCH3 is 1.